The van der Waals surface area contributed by atoms with Gasteiger partial charge in [-0.05, 0) is 86.9 Å². The largest absolute Gasteiger partial charge is 0.426 e. The highest BCUT2D eigenvalue weighted by atomic mass is 16.7. The first-order chi connectivity index (χ1) is 23.4. The first-order valence-electron chi connectivity index (χ1n) is 17.8. The maximum atomic E-state index is 14.1. The highest BCUT2D eigenvalue weighted by Crippen LogP contribution is 2.28. The summed E-state index contributed by atoms with van der Waals surface area (Å²) in [6.45, 7) is 7.36. The molecular formula is C36H48N8O4. The Hall–Kier alpha value is -4.16. The predicted molar refractivity (Wildman–Crippen MR) is 183 cm³/mol. The summed E-state index contributed by atoms with van der Waals surface area (Å²) in [5.74, 6) is -0.0653. The van der Waals surface area contributed by atoms with E-state index in [2.05, 4.69) is 38.7 Å². The number of carbonyl (C=O) groups is 3. The molecule has 3 aromatic rings. The maximum Gasteiger partial charge on any atom is 0.426 e. The fourth-order valence-corrected chi connectivity index (χ4v) is 8.04. The molecule has 0 bridgehead atoms. The van der Waals surface area contributed by atoms with Gasteiger partial charge in [-0.1, -0.05) is 37.6 Å². The van der Waals surface area contributed by atoms with Crippen molar-refractivity contribution in [1.29, 1.82) is 0 Å². The fraction of sp³-hybridized carbons (Fsp3) is 0.556. The van der Waals surface area contributed by atoms with Crippen LogP contribution in [0.25, 0.3) is 10.9 Å². The van der Waals surface area contributed by atoms with Crippen molar-refractivity contribution in [1.82, 2.24) is 35.3 Å². The molecule has 48 heavy (non-hydrogen) atoms. The molecule has 3 N–H and O–H groups in total. The molecule has 2 aromatic carbocycles. The summed E-state index contributed by atoms with van der Waals surface area (Å²) in [5.41, 5.74) is 5.07. The molecule has 0 radical (unpaired) electrons. The summed E-state index contributed by atoms with van der Waals surface area (Å²) in [5, 5.41) is 15.9. The third kappa shape index (κ3) is 7.14. The van der Waals surface area contributed by atoms with Gasteiger partial charge in [0.2, 0.25) is 5.91 Å². The van der Waals surface area contributed by atoms with E-state index >= 15 is 0 Å². The molecule has 12 heteroatoms. The molecule has 0 aliphatic carbocycles. The minimum absolute atomic E-state index is 0.0501. The lowest BCUT2D eigenvalue weighted by Gasteiger charge is -2.41. The first-order valence-corrected chi connectivity index (χ1v) is 17.8. The number of rotatable bonds is 8. The van der Waals surface area contributed by atoms with Crippen LogP contribution in [0.2, 0.25) is 0 Å². The number of anilines is 1. The normalized spacial score (nSPS) is 20.7. The van der Waals surface area contributed by atoms with Crippen LogP contribution in [0.4, 0.5) is 15.3 Å². The highest BCUT2D eigenvalue weighted by Gasteiger charge is 2.35. The molecule has 3 saturated heterocycles. The maximum absolute atomic E-state index is 14.1. The van der Waals surface area contributed by atoms with Crippen molar-refractivity contribution >= 4 is 34.6 Å². The number of amides is 4. The number of benzene rings is 2. The molecule has 1 aromatic heterocycles. The van der Waals surface area contributed by atoms with Crippen LogP contribution in [0.1, 0.15) is 68.6 Å². The van der Waals surface area contributed by atoms with Gasteiger partial charge in [-0.3, -0.25) is 9.89 Å². The van der Waals surface area contributed by atoms with Gasteiger partial charge in [-0.15, -0.1) is 5.06 Å². The van der Waals surface area contributed by atoms with E-state index < -0.39 is 12.1 Å². The lowest BCUT2D eigenvalue weighted by molar-refractivity contribution is -0.137. The average molecular weight is 657 g/mol. The Bertz CT molecular complexity index is 1600. The Morgan fingerprint density at radius 2 is 1.73 bits per heavy atom. The molecule has 4 aliphatic rings. The average Bonchev–Trinajstić information content (AvgIpc) is 3.60. The molecule has 3 fully saturated rings. The SMILES string of the molecule is CCc1cc(CC(NC(=O)ON2CCC(N3Cc4ccccc4NC3=O)CC2)C(=O)N2CCC(N3CCCCC3)CC2)cc2cn[nH]c12. The molecule has 7 rings (SSSR count). The fourth-order valence-electron chi connectivity index (χ4n) is 8.04. The number of hydrogen-bond acceptors (Lipinski definition) is 7. The van der Waals surface area contributed by atoms with Gasteiger partial charge in [0, 0.05) is 62.3 Å². The molecule has 0 spiro atoms. The molecule has 5 heterocycles. The molecule has 0 saturated carbocycles. The van der Waals surface area contributed by atoms with Gasteiger partial charge < -0.3 is 30.2 Å². The van der Waals surface area contributed by atoms with Gasteiger partial charge in [0.05, 0.1) is 11.7 Å². The smallest absolute Gasteiger partial charge is 0.351 e. The Balaban J connectivity index is 0.985. The van der Waals surface area contributed by atoms with E-state index in [1.807, 2.05) is 40.1 Å². The summed E-state index contributed by atoms with van der Waals surface area (Å²) >= 11 is 0. The van der Waals surface area contributed by atoms with Crippen molar-refractivity contribution in [2.24, 2.45) is 0 Å². The number of nitrogens with one attached hydrogen (secondary N) is 3. The van der Waals surface area contributed by atoms with Gasteiger partial charge in [-0.2, -0.15) is 5.10 Å². The molecule has 4 aliphatic heterocycles. The van der Waals surface area contributed by atoms with Gasteiger partial charge in [-0.25, -0.2) is 9.59 Å². The van der Waals surface area contributed by atoms with E-state index in [9.17, 15) is 14.4 Å². The second-order valence-corrected chi connectivity index (χ2v) is 13.8. The van der Waals surface area contributed by atoms with Crippen molar-refractivity contribution in [2.75, 3.05) is 44.6 Å². The number of carbonyl (C=O) groups excluding carboxylic acids is 3. The van der Waals surface area contributed by atoms with E-state index in [-0.39, 0.29) is 18.0 Å². The van der Waals surface area contributed by atoms with Crippen LogP contribution in [0.15, 0.2) is 42.6 Å². The minimum atomic E-state index is -0.757. The summed E-state index contributed by atoms with van der Waals surface area (Å²) in [6, 6.07) is 11.8. The Kier molecular flexibility index (Phi) is 9.81. The molecule has 1 unspecified atom stereocenters. The Morgan fingerprint density at radius 1 is 0.979 bits per heavy atom. The topological polar surface area (TPSA) is 126 Å². The van der Waals surface area contributed by atoms with E-state index in [0.717, 1.165) is 65.6 Å². The number of aromatic amines is 1. The van der Waals surface area contributed by atoms with Crippen molar-refractivity contribution in [3.8, 4) is 0 Å². The van der Waals surface area contributed by atoms with Gasteiger partial charge >= 0.3 is 12.1 Å². The summed E-state index contributed by atoms with van der Waals surface area (Å²) in [4.78, 5) is 52.5. The van der Waals surface area contributed by atoms with Crippen molar-refractivity contribution in [2.45, 2.75) is 89.4 Å². The Morgan fingerprint density at radius 3 is 2.50 bits per heavy atom. The number of hydroxylamine groups is 2. The molecule has 12 nitrogen and oxygen atoms in total. The lowest BCUT2D eigenvalue weighted by Crippen LogP contribution is -2.55. The van der Waals surface area contributed by atoms with Gasteiger partial charge in [0.1, 0.15) is 6.04 Å². The number of aryl methyl sites for hydroxylation is 1. The molecule has 1 atom stereocenters. The van der Waals surface area contributed by atoms with E-state index in [1.54, 1.807) is 11.3 Å². The van der Waals surface area contributed by atoms with E-state index in [0.29, 0.717) is 58.0 Å². The van der Waals surface area contributed by atoms with E-state index in [1.165, 1.54) is 19.3 Å². The third-order valence-electron chi connectivity index (χ3n) is 10.7. The zero-order valence-electron chi connectivity index (χ0n) is 28.0. The number of fused-ring (bicyclic) bond motifs is 2. The third-order valence-corrected chi connectivity index (χ3v) is 10.7. The van der Waals surface area contributed by atoms with Gasteiger partial charge in [0.15, 0.2) is 0 Å². The molecule has 4 amide bonds. The zero-order chi connectivity index (χ0) is 33.0. The van der Waals surface area contributed by atoms with E-state index in [4.69, 9.17) is 4.84 Å². The van der Waals surface area contributed by atoms with Crippen molar-refractivity contribution in [3.05, 3.63) is 59.3 Å². The minimum Gasteiger partial charge on any atom is -0.351 e. The number of piperidine rings is 3. The quantitative estimate of drug-likeness (QED) is 0.322. The number of hydrogen-bond donors (Lipinski definition) is 3. The number of H-pyrrole nitrogens is 1. The number of urea groups is 1. The van der Waals surface area contributed by atoms with Crippen LogP contribution in [-0.2, 0) is 29.0 Å². The number of aromatic nitrogens is 2. The van der Waals surface area contributed by atoms with Crippen LogP contribution >= 0.6 is 0 Å². The number of nitrogens with zero attached hydrogens (tertiary/aromatic N) is 5. The second-order valence-electron chi connectivity index (χ2n) is 13.8. The van der Waals surface area contributed by atoms with Crippen LogP contribution in [0, 0.1) is 0 Å². The van der Waals surface area contributed by atoms with Crippen LogP contribution < -0.4 is 10.6 Å². The number of para-hydroxylation sites is 1. The second kappa shape index (κ2) is 14.5. The standard InChI is InChI=1S/C36H48N8O4/c1-2-26-20-25(21-28-23-37-40-33(26)28)22-32(34(45)42-16-10-29(11-17-42)41-14-6-3-7-15-41)39-36(47)48-43-18-12-30(13-19-43)44-24-27-8-4-5-9-31(27)38-35(44)46/h4-5,8-9,20-21,23,29-30,32H,2-3,6-7,10-19,22,24H2,1H3,(H,37,40)(H,38,46)(H,39,47). The summed E-state index contributed by atoms with van der Waals surface area (Å²) in [6.07, 6.45) is 9.47. The van der Waals surface area contributed by atoms with Crippen molar-refractivity contribution in [3.63, 3.8) is 0 Å². The molecular weight excluding hydrogens is 608 g/mol. The van der Waals surface area contributed by atoms with Crippen LogP contribution in [0.3, 0.4) is 0 Å². The summed E-state index contributed by atoms with van der Waals surface area (Å²) < 4.78 is 0. The predicted octanol–water partition coefficient (Wildman–Crippen LogP) is 4.67. The highest BCUT2D eigenvalue weighted by molar-refractivity contribution is 5.92. The van der Waals surface area contributed by atoms with Gasteiger partial charge in [0.25, 0.3) is 0 Å². The molecule has 256 valence electrons. The van der Waals surface area contributed by atoms with Crippen LogP contribution in [0.5, 0.6) is 0 Å². The van der Waals surface area contributed by atoms with Crippen LogP contribution in [-0.4, -0.2) is 105 Å². The zero-order valence-corrected chi connectivity index (χ0v) is 28.0. The van der Waals surface area contributed by atoms with Crippen molar-refractivity contribution < 1.29 is 19.2 Å². The number of likely N-dealkylation sites (tertiary alicyclic amines) is 2. The summed E-state index contributed by atoms with van der Waals surface area (Å²) in [7, 11) is 0. The lowest BCUT2D eigenvalue weighted by atomic mass is 9.97. The Labute approximate surface area is 282 Å². The monoisotopic (exact) mass is 656 g/mol. The first kappa shape index (κ1) is 32.4.